The lowest BCUT2D eigenvalue weighted by molar-refractivity contribution is 0.0593. The summed E-state index contributed by atoms with van der Waals surface area (Å²) in [7, 11) is 0. The second-order valence-electron chi connectivity index (χ2n) is 5.15. The van der Waals surface area contributed by atoms with Crippen LogP contribution in [-0.2, 0) is 4.74 Å². The van der Waals surface area contributed by atoms with Gasteiger partial charge in [0, 0.05) is 17.4 Å². The van der Waals surface area contributed by atoms with E-state index in [-0.39, 0.29) is 0 Å². The predicted molar refractivity (Wildman–Crippen MR) is 62.9 cm³/mol. The van der Waals surface area contributed by atoms with Crippen molar-refractivity contribution in [2.75, 3.05) is 18.5 Å². The van der Waals surface area contributed by atoms with E-state index in [1.807, 2.05) is 0 Å². The Balaban J connectivity index is 1.58. The molecule has 2 aliphatic carbocycles. The molecule has 2 heteroatoms. The van der Waals surface area contributed by atoms with Gasteiger partial charge in [-0.3, -0.25) is 0 Å². The van der Waals surface area contributed by atoms with E-state index in [4.69, 9.17) is 4.74 Å². The number of alkyl halides is 1. The summed E-state index contributed by atoms with van der Waals surface area (Å²) in [5.41, 5.74) is 0.536. The van der Waals surface area contributed by atoms with Gasteiger partial charge < -0.3 is 4.74 Å². The molecular formula is C12H21BrO. The van der Waals surface area contributed by atoms with Crippen molar-refractivity contribution in [2.45, 2.75) is 44.9 Å². The molecule has 0 heterocycles. The molecule has 0 aromatic heterocycles. The van der Waals surface area contributed by atoms with E-state index in [1.165, 1.54) is 44.9 Å². The maximum atomic E-state index is 5.86. The summed E-state index contributed by atoms with van der Waals surface area (Å²) < 4.78 is 5.86. The van der Waals surface area contributed by atoms with Gasteiger partial charge >= 0.3 is 0 Å². The van der Waals surface area contributed by atoms with Gasteiger partial charge in [0.15, 0.2) is 0 Å². The van der Waals surface area contributed by atoms with Gasteiger partial charge in [-0.1, -0.05) is 35.2 Å². The Bertz CT molecular complexity index is 171. The first-order valence-electron chi connectivity index (χ1n) is 5.98. The molecule has 0 aliphatic heterocycles. The number of ether oxygens (including phenoxy) is 1. The van der Waals surface area contributed by atoms with Crippen LogP contribution in [0.3, 0.4) is 0 Å². The van der Waals surface area contributed by atoms with E-state index in [9.17, 15) is 0 Å². The third-order valence-corrected chi connectivity index (χ3v) is 4.92. The van der Waals surface area contributed by atoms with Crippen LogP contribution in [0.15, 0.2) is 0 Å². The van der Waals surface area contributed by atoms with Crippen molar-refractivity contribution < 1.29 is 4.74 Å². The third kappa shape index (κ3) is 2.96. The van der Waals surface area contributed by atoms with Crippen LogP contribution in [0.5, 0.6) is 0 Å². The molecule has 82 valence electrons. The van der Waals surface area contributed by atoms with Gasteiger partial charge in [-0.05, 0) is 31.6 Å². The van der Waals surface area contributed by atoms with Gasteiger partial charge in [0.05, 0.1) is 6.61 Å². The van der Waals surface area contributed by atoms with Crippen LogP contribution >= 0.6 is 15.9 Å². The molecule has 1 nitrogen and oxygen atoms in total. The fourth-order valence-corrected chi connectivity index (χ4v) is 3.01. The fraction of sp³-hybridized carbons (Fsp3) is 1.00. The minimum absolute atomic E-state index is 0.536. The number of hydrogen-bond acceptors (Lipinski definition) is 1. The summed E-state index contributed by atoms with van der Waals surface area (Å²) in [6, 6.07) is 0. The lowest BCUT2D eigenvalue weighted by atomic mass is 9.90. The second-order valence-corrected chi connectivity index (χ2v) is 5.71. The largest absolute Gasteiger partial charge is 0.381 e. The topological polar surface area (TPSA) is 9.23 Å². The zero-order valence-electron chi connectivity index (χ0n) is 8.93. The molecule has 0 aromatic carbocycles. The van der Waals surface area contributed by atoms with Gasteiger partial charge in [0.25, 0.3) is 0 Å². The summed E-state index contributed by atoms with van der Waals surface area (Å²) >= 11 is 3.58. The molecule has 0 aromatic rings. The molecule has 0 unspecified atom stereocenters. The van der Waals surface area contributed by atoms with Crippen molar-refractivity contribution in [3.63, 3.8) is 0 Å². The van der Waals surface area contributed by atoms with E-state index in [0.717, 1.165) is 24.5 Å². The fourth-order valence-electron chi connectivity index (χ4n) is 2.29. The first kappa shape index (κ1) is 10.9. The Kier molecular flexibility index (Phi) is 3.89. The summed E-state index contributed by atoms with van der Waals surface area (Å²) in [4.78, 5) is 0. The van der Waals surface area contributed by atoms with Crippen LogP contribution < -0.4 is 0 Å². The number of rotatable bonds is 5. The third-order valence-electron chi connectivity index (χ3n) is 3.73. The maximum absolute atomic E-state index is 5.86. The van der Waals surface area contributed by atoms with Gasteiger partial charge in [-0.25, -0.2) is 0 Å². The van der Waals surface area contributed by atoms with Gasteiger partial charge in [-0.2, -0.15) is 0 Å². The van der Waals surface area contributed by atoms with E-state index in [1.54, 1.807) is 0 Å². The normalized spacial score (nSPS) is 26.4. The molecule has 2 rings (SSSR count). The number of halogens is 1. The van der Waals surface area contributed by atoms with E-state index in [2.05, 4.69) is 15.9 Å². The molecule has 0 N–H and O–H groups in total. The molecule has 0 bridgehead atoms. The summed E-state index contributed by atoms with van der Waals surface area (Å²) in [6.07, 6.45) is 9.84. The van der Waals surface area contributed by atoms with Crippen LogP contribution in [0.4, 0.5) is 0 Å². The minimum Gasteiger partial charge on any atom is -0.381 e. The van der Waals surface area contributed by atoms with Crippen molar-refractivity contribution >= 4 is 15.9 Å². The Morgan fingerprint density at radius 2 is 1.86 bits per heavy atom. The van der Waals surface area contributed by atoms with Crippen molar-refractivity contribution in [1.82, 2.24) is 0 Å². The van der Waals surface area contributed by atoms with Crippen LogP contribution in [0, 0.1) is 11.3 Å². The lowest BCUT2D eigenvalue weighted by Gasteiger charge is -2.22. The highest BCUT2D eigenvalue weighted by Crippen LogP contribution is 2.47. The molecule has 0 radical (unpaired) electrons. The Morgan fingerprint density at radius 3 is 2.43 bits per heavy atom. The standard InChI is InChI=1S/C12H21BrO/c13-9-12(6-7-12)10-14-8-11-4-2-1-3-5-11/h11H,1-10H2. The Labute approximate surface area is 95.7 Å². The Morgan fingerprint density at radius 1 is 1.14 bits per heavy atom. The molecule has 14 heavy (non-hydrogen) atoms. The lowest BCUT2D eigenvalue weighted by Crippen LogP contribution is -2.18. The average Bonchev–Trinajstić information content (AvgIpc) is 3.00. The van der Waals surface area contributed by atoms with Crippen LogP contribution in [-0.4, -0.2) is 18.5 Å². The van der Waals surface area contributed by atoms with Crippen LogP contribution in [0.25, 0.3) is 0 Å². The zero-order chi connectivity index (χ0) is 9.86. The van der Waals surface area contributed by atoms with Crippen LogP contribution in [0.1, 0.15) is 44.9 Å². The summed E-state index contributed by atoms with van der Waals surface area (Å²) in [6.45, 7) is 2.02. The predicted octanol–water partition coefficient (Wildman–Crippen LogP) is 3.76. The highest BCUT2D eigenvalue weighted by Gasteiger charge is 2.41. The second kappa shape index (κ2) is 4.98. The van der Waals surface area contributed by atoms with E-state index in [0.29, 0.717) is 5.41 Å². The highest BCUT2D eigenvalue weighted by atomic mass is 79.9. The van der Waals surface area contributed by atoms with E-state index >= 15 is 0 Å². The number of hydrogen-bond donors (Lipinski definition) is 0. The molecule has 0 amide bonds. The molecule has 2 saturated carbocycles. The van der Waals surface area contributed by atoms with Crippen LogP contribution in [0.2, 0.25) is 0 Å². The highest BCUT2D eigenvalue weighted by molar-refractivity contribution is 9.09. The molecule has 0 atom stereocenters. The van der Waals surface area contributed by atoms with Gasteiger partial charge in [-0.15, -0.1) is 0 Å². The average molecular weight is 261 g/mol. The maximum Gasteiger partial charge on any atom is 0.0530 e. The van der Waals surface area contributed by atoms with Gasteiger partial charge in [0.1, 0.15) is 0 Å². The smallest absolute Gasteiger partial charge is 0.0530 e. The van der Waals surface area contributed by atoms with Crippen molar-refractivity contribution in [1.29, 1.82) is 0 Å². The monoisotopic (exact) mass is 260 g/mol. The molecule has 2 aliphatic rings. The Hall–Kier alpha value is 0.440. The van der Waals surface area contributed by atoms with E-state index < -0.39 is 0 Å². The summed E-state index contributed by atoms with van der Waals surface area (Å²) in [5, 5.41) is 1.13. The molecule has 2 fully saturated rings. The molecule has 0 saturated heterocycles. The SMILES string of the molecule is BrCC1(COCC2CCCCC2)CC1. The summed E-state index contributed by atoms with van der Waals surface area (Å²) in [5.74, 6) is 0.870. The van der Waals surface area contributed by atoms with Crippen molar-refractivity contribution in [3.8, 4) is 0 Å². The first-order chi connectivity index (χ1) is 6.85. The van der Waals surface area contributed by atoms with Gasteiger partial charge in [0.2, 0.25) is 0 Å². The minimum atomic E-state index is 0.536. The van der Waals surface area contributed by atoms with Crippen molar-refractivity contribution in [3.05, 3.63) is 0 Å². The quantitative estimate of drug-likeness (QED) is 0.685. The first-order valence-corrected chi connectivity index (χ1v) is 7.11. The van der Waals surface area contributed by atoms with Crippen molar-refractivity contribution in [2.24, 2.45) is 11.3 Å². The molecule has 0 spiro atoms. The zero-order valence-corrected chi connectivity index (χ0v) is 10.5. The molecular weight excluding hydrogens is 240 g/mol.